The summed E-state index contributed by atoms with van der Waals surface area (Å²) in [4.78, 5) is 13.6. The predicted octanol–water partition coefficient (Wildman–Crippen LogP) is 1.65. The molecule has 3 nitrogen and oxygen atoms in total. The van der Waals surface area contributed by atoms with Crippen molar-refractivity contribution in [2.45, 2.75) is 24.6 Å². The molecule has 0 aromatic heterocycles. The molecule has 1 aromatic rings. The van der Waals surface area contributed by atoms with E-state index in [1.54, 1.807) is 0 Å². The number of likely N-dealkylation sites (tertiary alicyclic amines) is 1. The Labute approximate surface area is 106 Å². The van der Waals surface area contributed by atoms with Crippen LogP contribution in [0.25, 0.3) is 0 Å². The molecule has 4 heteroatoms. The summed E-state index contributed by atoms with van der Waals surface area (Å²) < 4.78 is 5.47. The van der Waals surface area contributed by atoms with Crippen LogP contribution in [0.5, 0.6) is 5.75 Å². The van der Waals surface area contributed by atoms with Gasteiger partial charge >= 0.3 is 0 Å². The van der Waals surface area contributed by atoms with Gasteiger partial charge in [0, 0.05) is 31.2 Å². The van der Waals surface area contributed by atoms with E-state index in [2.05, 4.69) is 18.7 Å². The normalized spacial score (nSPS) is 22.8. The average molecular weight is 249 g/mol. The molecule has 0 saturated carbocycles. The van der Waals surface area contributed by atoms with Crippen molar-refractivity contribution in [3.8, 4) is 5.75 Å². The minimum absolute atomic E-state index is 0.195. The fourth-order valence-corrected chi connectivity index (χ4v) is 2.82. The molecular weight excluding hydrogens is 234 g/mol. The first-order valence-corrected chi connectivity index (χ1v) is 6.44. The lowest BCUT2D eigenvalue weighted by Crippen LogP contribution is -2.24. The molecule has 2 aliphatic rings. The van der Waals surface area contributed by atoms with Crippen LogP contribution in [0.3, 0.4) is 0 Å². The Kier molecular flexibility index (Phi) is 2.74. The van der Waals surface area contributed by atoms with Crippen molar-refractivity contribution in [1.29, 1.82) is 0 Å². The van der Waals surface area contributed by atoms with Crippen molar-refractivity contribution in [2.75, 3.05) is 13.2 Å². The first-order chi connectivity index (χ1) is 8.22. The zero-order valence-corrected chi connectivity index (χ0v) is 10.5. The van der Waals surface area contributed by atoms with Crippen molar-refractivity contribution in [3.05, 3.63) is 29.3 Å². The Morgan fingerprint density at radius 2 is 2.35 bits per heavy atom. The van der Waals surface area contributed by atoms with Crippen LogP contribution in [-0.2, 0) is 17.8 Å². The van der Waals surface area contributed by atoms with Gasteiger partial charge in [0.15, 0.2) is 0 Å². The van der Waals surface area contributed by atoms with Crippen LogP contribution in [0, 0.1) is 0 Å². The molecule has 0 aliphatic carbocycles. The number of ether oxygens (including phenoxy) is 1. The zero-order chi connectivity index (χ0) is 11.8. The monoisotopic (exact) mass is 249 g/mol. The van der Waals surface area contributed by atoms with E-state index in [9.17, 15) is 4.79 Å². The van der Waals surface area contributed by atoms with Gasteiger partial charge in [-0.2, -0.15) is 12.6 Å². The highest BCUT2D eigenvalue weighted by atomic mass is 32.1. The standard InChI is InChI=1S/C13H15NO2S/c15-13-6-11(17)8-14(13)7-9-1-2-12-10(5-9)3-4-16-12/h1-2,5,11,17H,3-4,6-8H2. The van der Waals surface area contributed by atoms with Crippen LogP contribution in [0.1, 0.15) is 17.5 Å². The Morgan fingerprint density at radius 3 is 3.12 bits per heavy atom. The van der Waals surface area contributed by atoms with Crippen molar-refractivity contribution in [3.63, 3.8) is 0 Å². The van der Waals surface area contributed by atoms with Crippen LogP contribution in [0.15, 0.2) is 18.2 Å². The summed E-state index contributed by atoms with van der Waals surface area (Å²) in [6.07, 6.45) is 1.55. The Hall–Kier alpha value is -1.16. The quantitative estimate of drug-likeness (QED) is 0.808. The maximum atomic E-state index is 11.7. The van der Waals surface area contributed by atoms with Gasteiger partial charge in [0.05, 0.1) is 6.61 Å². The van der Waals surface area contributed by atoms with Crippen molar-refractivity contribution >= 4 is 18.5 Å². The lowest BCUT2D eigenvalue weighted by atomic mass is 10.1. The number of benzene rings is 1. The van der Waals surface area contributed by atoms with E-state index in [-0.39, 0.29) is 11.2 Å². The SMILES string of the molecule is O=C1CC(S)CN1Cc1ccc2c(c1)CCO2. The molecule has 2 heterocycles. The number of fused-ring (bicyclic) bond motifs is 1. The third kappa shape index (κ3) is 2.14. The number of rotatable bonds is 2. The summed E-state index contributed by atoms with van der Waals surface area (Å²) in [6.45, 7) is 2.23. The van der Waals surface area contributed by atoms with Crippen LogP contribution >= 0.6 is 12.6 Å². The molecule has 1 atom stereocenters. The van der Waals surface area contributed by atoms with E-state index in [0.29, 0.717) is 13.0 Å². The molecule has 1 fully saturated rings. The number of hydrogen-bond acceptors (Lipinski definition) is 3. The van der Waals surface area contributed by atoms with E-state index in [4.69, 9.17) is 4.74 Å². The maximum Gasteiger partial charge on any atom is 0.224 e. The van der Waals surface area contributed by atoms with E-state index in [1.165, 1.54) is 11.1 Å². The van der Waals surface area contributed by atoms with Gasteiger partial charge in [-0.15, -0.1) is 0 Å². The third-order valence-electron chi connectivity index (χ3n) is 3.32. The summed E-state index contributed by atoms with van der Waals surface area (Å²) in [5, 5.41) is 0.195. The molecule has 1 saturated heterocycles. The van der Waals surface area contributed by atoms with Gasteiger partial charge in [-0.3, -0.25) is 4.79 Å². The van der Waals surface area contributed by atoms with Crippen molar-refractivity contribution in [2.24, 2.45) is 0 Å². The number of carbonyl (C=O) groups excluding carboxylic acids is 1. The second-order valence-corrected chi connectivity index (χ2v) is 5.40. The molecule has 1 aromatic carbocycles. The lowest BCUT2D eigenvalue weighted by molar-refractivity contribution is -0.128. The molecule has 0 N–H and O–H groups in total. The maximum absolute atomic E-state index is 11.7. The molecule has 1 amide bonds. The first-order valence-electron chi connectivity index (χ1n) is 5.93. The summed E-state index contributed by atoms with van der Waals surface area (Å²) >= 11 is 4.36. The highest BCUT2D eigenvalue weighted by Gasteiger charge is 2.27. The smallest absolute Gasteiger partial charge is 0.224 e. The Balaban J connectivity index is 1.75. The molecule has 17 heavy (non-hydrogen) atoms. The van der Waals surface area contributed by atoms with Crippen molar-refractivity contribution < 1.29 is 9.53 Å². The molecule has 0 radical (unpaired) electrons. The molecular formula is C13H15NO2S. The third-order valence-corrected chi connectivity index (χ3v) is 3.67. The molecule has 2 aliphatic heterocycles. The predicted molar refractivity (Wildman–Crippen MR) is 68.4 cm³/mol. The minimum Gasteiger partial charge on any atom is -0.493 e. The number of thiol groups is 1. The van der Waals surface area contributed by atoms with E-state index >= 15 is 0 Å². The van der Waals surface area contributed by atoms with Gasteiger partial charge in [-0.1, -0.05) is 12.1 Å². The number of hydrogen-bond donors (Lipinski definition) is 1. The number of amides is 1. The largest absolute Gasteiger partial charge is 0.493 e. The van der Waals surface area contributed by atoms with Gasteiger partial charge in [0.1, 0.15) is 5.75 Å². The minimum atomic E-state index is 0.195. The van der Waals surface area contributed by atoms with E-state index in [0.717, 1.165) is 25.3 Å². The second-order valence-electron chi connectivity index (χ2n) is 4.67. The molecule has 3 rings (SSSR count). The molecule has 0 bridgehead atoms. The van der Waals surface area contributed by atoms with Crippen LogP contribution < -0.4 is 4.74 Å². The van der Waals surface area contributed by atoms with Gasteiger partial charge < -0.3 is 9.64 Å². The highest BCUT2D eigenvalue weighted by molar-refractivity contribution is 7.81. The van der Waals surface area contributed by atoms with Gasteiger partial charge in [-0.05, 0) is 17.2 Å². The van der Waals surface area contributed by atoms with Gasteiger partial charge in [0.2, 0.25) is 5.91 Å². The summed E-state index contributed by atoms with van der Waals surface area (Å²) in [5.41, 5.74) is 2.45. The van der Waals surface area contributed by atoms with Crippen LogP contribution in [-0.4, -0.2) is 29.2 Å². The lowest BCUT2D eigenvalue weighted by Gasteiger charge is -2.16. The van der Waals surface area contributed by atoms with E-state index in [1.807, 2.05) is 17.0 Å². The molecule has 90 valence electrons. The fraction of sp³-hybridized carbons (Fsp3) is 0.462. The molecule has 0 spiro atoms. The molecule has 1 unspecified atom stereocenters. The van der Waals surface area contributed by atoms with E-state index < -0.39 is 0 Å². The van der Waals surface area contributed by atoms with Gasteiger partial charge in [-0.25, -0.2) is 0 Å². The number of carbonyl (C=O) groups is 1. The van der Waals surface area contributed by atoms with Crippen molar-refractivity contribution in [1.82, 2.24) is 4.90 Å². The summed E-state index contributed by atoms with van der Waals surface area (Å²) in [6, 6.07) is 6.21. The Bertz CT molecular complexity index is 461. The van der Waals surface area contributed by atoms with Crippen LogP contribution in [0.2, 0.25) is 0 Å². The summed E-state index contributed by atoms with van der Waals surface area (Å²) in [5.74, 6) is 1.20. The number of nitrogens with zero attached hydrogens (tertiary/aromatic N) is 1. The second kappa shape index (κ2) is 4.26. The van der Waals surface area contributed by atoms with Gasteiger partial charge in [0.25, 0.3) is 0 Å². The zero-order valence-electron chi connectivity index (χ0n) is 9.56. The fourth-order valence-electron chi connectivity index (χ4n) is 2.46. The van der Waals surface area contributed by atoms with Crippen LogP contribution in [0.4, 0.5) is 0 Å². The first kappa shape index (κ1) is 11.0. The highest BCUT2D eigenvalue weighted by Crippen LogP contribution is 2.27. The average Bonchev–Trinajstić information content (AvgIpc) is 2.85. The topological polar surface area (TPSA) is 29.5 Å². The Morgan fingerprint density at radius 1 is 1.47 bits per heavy atom. The summed E-state index contributed by atoms with van der Waals surface area (Å²) in [7, 11) is 0.